The third-order valence-electron chi connectivity index (χ3n) is 7.86. The Morgan fingerprint density at radius 2 is 1.77 bits per heavy atom. The van der Waals surface area contributed by atoms with E-state index in [0.717, 1.165) is 42.8 Å². The first-order valence-electron chi connectivity index (χ1n) is 12.3. The van der Waals surface area contributed by atoms with Gasteiger partial charge in [0.25, 0.3) is 0 Å². The van der Waals surface area contributed by atoms with E-state index >= 15 is 0 Å². The van der Waals surface area contributed by atoms with Crippen LogP contribution in [-0.4, -0.2) is 41.6 Å². The average Bonchev–Trinajstić information content (AvgIpc) is 2.73. The number of hydrogen-bond donors (Lipinski definition) is 0. The third kappa shape index (κ3) is 5.50. The zero-order chi connectivity index (χ0) is 20.8. The quantitative estimate of drug-likeness (QED) is 0.357. The van der Waals surface area contributed by atoms with Crippen LogP contribution in [0.15, 0.2) is 29.5 Å². The van der Waals surface area contributed by atoms with Crippen LogP contribution in [0.4, 0.5) is 0 Å². The number of rotatable bonds is 11. The predicted molar refractivity (Wildman–Crippen MR) is 123 cm³/mol. The predicted octanol–water partition coefficient (Wildman–Crippen LogP) is 5.52. The monoisotopic (exact) mass is 409 g/mol. The van der Waals surface area contributed by atoms with E-state index in [4.69, 9.17) is 0 Å². The average molecular weight is 410 g/mol. The summed E-state index contributed by atoms with van der Waals surface area (Å²) in [4.78, 5) is 23.7. The SMILES string of the molecule is CCCCCN(CCC12CC3CC(CC(C3)C1)C2)C(=O)CC/N=C/c1ccncc1. The molecule has 4 fully saturated rings. The van der Waals surface area contributed by atoms with Gasteiger partial charge in [0.15, 0.2) is 0 Å². The lowest BCUT2D eigenvalue weighted by Gasteiger charge is -2.57. The molecule has 5 rings (SSSR count). The second-order valence-electron chi connectivity index (χ2n) is 10.3. The summed E-state index contributed by atoms with van der Waals surface area (Å²) in [7, 11) is 0. The fraction of sp³-hybridized carbons (Fsp3) is 0.731. The first kappa shape index (κ1) is 21.5. The van der Waals surface area contributed by atoms with Gasteiger partial charge in [-0.3, -0.25) is 14.8 Å². The van der Waals surface area contributed by atoms with Crippen LogP contribution in [0.5, 0.6) is 0 Å². The van der Waals surface area contributed by atoms with E-state index in [9.17, 15) is 4.79 Å². The molecule has 0 atom stereocenters. The van der Waals surface area contributed by atoms with Crippen molar-refractivity contribution in [3.05, 3.63) is 30.1 Å². The Morgan fingerprint density at radius 1 is 1.10 bits per heavy atom. The van der Waals surface area contributed by atoms with Gasteiger partial charge in [-0.15, -0.1) is 0 Å². The van der Waals surface area contributed by atoms with Crippen LogP contribution in [-0.2, 0) is 4.79 Å². The van der Waals surface area contributed by atoms with Crippen molar-refractivity contribution in [1.29, 1.82) is 0 Å². The summed E-state index contributed by atoms with van der Waals surface area (Å²) in [6.45, 7) is 4.69. The largest absolute Gasteiger partial charge is 0.343 e. The Balaban J connectivity index is 1.29. The molecular formula is C26H39N3O. The standard InChI is InChI=1S/C26H39N3O/c1-2-3-4-12-29(25(30)7-11-28-20-21-5-9-27-10-6-21)13-8-26-17-22-14-23(18-26)16-24(15-22)19-26/h5-6,9-10,20,22-24H,2-4,7-8,11-19H2,1H3/b28-20+. The van der Waals surface area contributed by atoms with Crippen molar-refractivity contribution in [3.63, 3.8) is 0 Å². The molecule has 164 valence electrons. The molecule has 0 N–H and O–H groups in total. The lowest BCUT2D eigenvalue weighted by atomic mass is 9.49. The number of pyridine rings is 1. The molecule has 4 bridgehead atoms. The van der Waals surface area contributed by atoms with Crippen molar-refractivity contribution < 1.29 is 4.79 Å². The highest BCUT2D eigenvalue weighted by Gasteiger charge is 2.50. The smallest absolute Gasteiger partial charge is 0.224 e. The number of nitrogens with zero attached hydrogens (tertiary/aromatic N) is 3. The minimum Gasteiger partial charge on any atom is -0.343 e. The summed E-state index contributed by atoms with van der Waals surface area (Å²) in [6.07, 6.45) is 19.5. The van der Waals surface area contributed by atoms with Crippen LogP contribution in [0.3, 0.4) is 0 Å². The number of unbranched alkanes of at least 4 members (excludes halogenated alkanes) is 2. The second-order valence-corrected chi connectivity index (χ2v) is 10.3. The Labute approximate surface area is 182 Å². The Hall–Kier alpha value is -1.71. The molecule has 4 aliphatic rings. The highest BCUT2D eigenvalue weighted by atomic mass is 16.2. The van der Waals surface area contributed by atoms with Crippen molar-refractivity contribution in [1.82, 2.24) is 9.88 Å². The minimum absolute atomic E-state index is 0.294. The number of hydrogen-bond acceptors (Lipinski definition) is 3. The topological polar surface area (TPSA) is 45.6 Å². The van der Waals surface area contributed by atoms with Gasteiger partial charge in [-0.2, -0.15) is 0 Å². The lowest BCUT2D eigenvalue weighted by molar-refractivity contribution is -0.132. The molecule has 30 heavy (non-hydrogen) atoms. The molecule has 0 saturated heterocycles. The fourth-order valence-corrected chi connectivity index (χ4v) is 6.82. The summed E-state index contributed by atoms with van der Waals surface area (Å²) in [5.74, 6) is 3.26. The van der Waals surface area contributed by atoms with Crippen molar-refractivity contribution in [3.8, 4) is 0 Å². The van der Waals surface area contributed by atoms with E-state index in [2.05, 4.69) is 21.8 Å². The molecule has 0 radical (unpaired) electrons. The van der Waals surface area contributed by atoms with Crippen LogP contribution in [0.25, 0.3) is 0 Å². The molecule has 1 aromatic rings. The van der Waals surface area contributed by atoms with Gasteiger partial charge in [0, 0.05) is 44.7 Å². The van der Waals surface area contributed by atoms with E-state index in [1.807, 2.05) is 18.3 Å². The number of carbonyl (C=O) groups excluding carboxylic acids is 1. The molecule has 4 aliphatic carbocycles. The molecule has 0 aromatic carbocycles. The molecule has 4 saturated carbocycles. The summed E-state index contributed by atoms with van der Waals surface area (Å²) in [5.41, 5.74) is 1.59. The summed E-state index contributed by atoms with van der Waals surface area (Å²) < 4.78 is 0. The molecule has 1 heterocycles. The van der Waals surface area contributed by atoms with Gasteiger partial charge in [0.05, 0.1) is 0 Å². The Bertz CT molecular complexity index is 679. The van der Waals surface area contributed by atoms with Crippen molar-refractivity contribution >= 4 is 12.1 Å². The maximum atomic E-state index is 13.0. The molecule has 0 aliphatic heterocycles. The van der Waals surface area contributed by atoms with Gasteiger partial charge in [0.2, 0.25) is 5.91 Å². The highest BCUT2D eigenvalue weighted by Crippen LogP contribution is 2.61. The van der Waals surface area contributed by atoms with Gasteiger partial charge in [-0.1, -0.05) is 19.8 Å². The lowest BCUT2D eigenvalue weighted by Crippen LogP contribution is -2.47. The van der Waals surface area contributed by atoms with Crippen molar-refractivity contribution in [2.75, 3.05) is 19.6 Å². The normalized spacial score (nSPS) is 29.6. The highest BCUT2D eigenvalue weighted by molar-refractivity contribution is 5.80. The number of aromatic nitrogens is 1. The molecule has 1 aromatic heterocycles. The molecular weight excluding hydrogens is 370 g/mol. The van der Waals surface area contributed by atoms with Crippen LogP contribution in [0, 0.1) is 23.2 Å². The van der Waals surface area contributed by atoms with E-state index in [1.54, 1.807) is 12.4 Å². The van der Waals surface area contributed by atoms with E-state index in [1.165, 1.54) is 57.8 Å². The first-order valence-corrected chi connectivity index (χ1v) is 12.3. The van der Waals surface area contributed by atoms with Crippen LogP contribution >= 0.6 is 0 Å². The maximum absolute atomic E-state index is 13.0. The van der Waals surface area contributed by atoms with Gasteiger partial charge in [0.1, 0.15) is 0 Å². The van der Waals surface area contributed by atoms with E-state index < -0.39 is 0 Å². The Kier molecular flexibility index (Phi) is 7.22. The van der Waals surface area contributed by atoms with Gasteiger partial charge < -0.3 is 4.90 Å². The molecule has 4 heteroatoms. The number of amides is 1. The van der Waals surface area contributed by atoms with Gasteiger partial charge in [-0.05, 0) is 92.2 Å². The van der Waals surface area contributed by atoms with Crippen LogP contribution < -0.4 is 0 Å². The van der Waals surface area contributed by atoms with E-state index in [0.29, 0.717) is 24.3 Å². The van der Waals surface area contributed by atoms with Crippen LogP contribution in [0.2, 0.25) is 0 Å². The molecule has 1 amide bonds. The molecule has 0 unspecified atom stereocenters. The Morgan fingerprint density at radius 3 is 2.40 bits per heavy atom. The van der Waals surface area contributed by atoms with Crippen molar-refractivity contribution in [2.24, 2.45) is 28.2 Å². The zero-order valence-corrected chi connectivity index (χ0v) is 18.8. The fourth-order valence-electron chi connectivity index (χ4n) is 6.82. The summed E-state index contributed by atoms with van der Waals surface area (Å²) in [5, 5.41) is 0. The maximum Gasteiger partial charge on any atom is 0.224 e. The molecule has 4 nitrogen and oxygen atoms in total. The molecule has 0 spiro atoms. The first-order chi connectivity index (χ1) is 14.7. The zero-order valence-electron chi connectivity index (χ0n) is 18.8. The van der Waals surface area contributed by atoms with Gasteiger partial charge >= 0.3 is 0 Å². The number of carbonyl (C=O) groups is 1. The third-order valence-corrected chi connectivity index (χ3v) is 7.86. The summed E-state index contributed by atoms with van der Waals surface area (Å²) in [6, 6.07) is 3.88. The van der Waals surface area contributed by atoms with Gasteiger partial charge in [-0.25, -0.2) is 0 Å². The van der Waals surface area contributed by atoms with Crippen molar-refractivity contribution in [2.45, 2.75) is 77.6 Å². The second kappa shape index (κ2) is 10.1. The van der Waals surface area contributed by atoms with E-state index in [-0.39, 0.29) is 0 Å². The number of aliphatic imine (C=N–C) groups is 1. The summed E-state index contributed by atoms with van der Waals surface area (Å²) >= 11 is 0. The minimum atomic E-state index is 0.294. The van der Waals surface area contributed by atoms with Crippen LogP contribution in [0.1, 0.15) is 83.1 Å².